The molecule has 3 rings (SSSR count). The Morgan fingerprint density at radius 2 is 2.17 bits per heavy atom. The smallest absolute Gasteiger partial charge is 0.273 e. The second-order valence-electron chi connectivity index (χ2n) is 6.56. The summed E-state index contributed by atoms with van der Waals surface area (Å²) in [5, 5.41) is 6.72. The van der Waals surface area contributed by atoms with Crippen LogP contribution in [0, 0.1) is 0 Å². The van der Waals surface area contributed by atoms with Gasteiger partial charge >= 0.3 is 0 Å². The van der Waals surface area contributed by atoms with Gasteiger partial charge in [-0.25, -0.2) is 4.98 Å². The van der Waals surface area contributed by atoms with Gasteiger partial charge in [-0.3, -0.25) is 4.79 Å². The number of amides is 1. The highest BCUT2D eigenvalue weighted by molar-refractivity contribution is 6.06. The van der Waals surface area contributed by atoms with Crippen molar-refractivity contribution in [3.63, 3.8) is 0 Å². The quantitative estimate of drug-likeness (QED) is 0.938. The van der Waals surface area contributed by atoms with E-state index in [9.17, 15) is 4.79 Å². The molecule has 124 valence electrons. The molecule has 0 spiro atoms. The summed E-state index contributed by atoms with van der Waals surface area (Å²) in [6.07, 6.45) is 7.30. The minimum atomic E-state index is -0.251. The van der Waals surface area contributed by atoms with E-state index in [4.69, 9.17) is 4.52 Å². The van der Waals surface area contributed by atoms with Gasteiger partial charge in [-0.15, -0.1) is 0 Å². The molecule has 1 amide bonds. The Kier molecular flexibility index (Phi) is 4.20. The Morgan fingerprint density at radius 3 is 2.83 bits per heavy atom. The number of nitrogens with one attached hydrogen (secondary N) is 1. The van der Waals surface area contributed by atoms with Crippen LogP contribution in [0.2, 0.25) is 0 Å². The van der Waals surface area contributed by atoms with Crippen LogP contribution in [0.4, 0.5) is 11.6 Å². The topological polar surface area (TPSA) is 71.3 Å². The summed E-state index contributed by atoms with van der Waals surface area (Å²) < 4.78 is 5.30. The number of carbonyl (C=O) groups excluding carboxylic acids is 1. The fraction of sp³-hybridized carbons (Fsp3) is 0.278. The van der Waals surface area contributed by atoms with Crippen molar-refractivity contribution in [2.45, 2.75) is 26.2 Å². The van der Waals surface area contributed by atoms with Crippen LogP contribution < -0.4 is 10.2 Å². The molecule has 2 aromatic rings. The van der Waals surface area contributed by atoms with Crippen molar-refractivity contribution in [2.75, 3.05) is 16.8 Å². The summed E-state index contributed by atoms with van der Waals surface area (Å²) in [4.78, 5) is 18.8. The SMILES string of the molecule is CC(C)(C)c1cc(NC(=O)C2=CC=CCN2c2ccccn2)no1. The predicted molar refractivity (Wildman–Crippen MR) is 92.6 cm³/mol. The van der Waals surface area contributed by atoms with Crippen LogP contribution >= 0.6 is 0 Å². The van der Waals surface area contributed by atoms with E-state index < -0.39 is 0 Å². The summed E-state index contributed by atoms with van der Waals surface area (Å²) in [6.45, 7) is 6.66. The van der Waals surface area contributed by atoms with Gasteiger partial charge in [0, 0.05) is 24.2 Å². The number of pyridine rings is 1. The van der Waals surface area contributed by atoms with Crippen LogP contribution in [0.25, 0.3) is 0 Å². The van der Waals surface area contributed by atoms with E-state index in [0.29, 0.717) is 18.1 Å². The van der Waals surface area contributed by atoms with Gasteiger partial charge in [0.1, 0.15) is 17.3 Å². The number of aromatic nitrogens is 2. The summed E-state index contributed by atoms with van der Waals surface area (Å²) in [5.41, 5.74) is 0.347. The van der Waals surface area contributed by atoms with Gasteiger partial charge in [0.25, 0.3) is 5.91 Å². The zero-order valence-electron chi connectivity index (χ0n) is 14.0. The third kappa shape index (κ3) is 3.37. The van der Waals surface area contributed by atoms with E-state index >= 15 is 0 Å². The molecule has 0 atom stereocenters. The first-order valence-corrected chi connectivity index (χ1v) is 7.79. The maximum atomic E-state index is 12.6. The highest BCUT2D eigenvalue weighted by atomic mass is 16.5. The fourth-order valence-corrected chi connectivity index (χ4v) is 2.31. The van der Waals surface area contributed by atoms with Crippen molar-refractivity contribution in [3.8, 4) is 0 Å². The number of nitrogens with zero attached hydrogens (tertiary/aromatic N) is 3. The van der Waals surface area contributed by atoms with Gasteiger partial charge in [-0.05, 0) is 18.2 Å². The molecule has 1 N–H and O–H groups in total. The summed E-state index contributed by atoms with van der Waals surface area (Å²) in [7, 11) is 0. The Morgan fingerprint density at radius 1 is 1.33 bits per heavy atom. The van der Waals surface area contributed by atoms with E-state index in [-0.39, 0.29) is 11.3 Å². The van der Waals surface area contributed by atoms with Crippen LogP contribution in [0.3, 0.4) is 0 Å². The van der Waals surface area contributed by atoms with Crippen LogP contribution in [0.5, 0.6) is 0 Å². The largest absolute Gasteiger partial charge is 0.359 e. The second-order valence-corrected chi connectivity index (χ2v) is 6.56. The molecule has 0 aliphatic carbocycles. The van der Waals surface area contributed by atoms with E-state index in [1.165, 1.54) is 0 Å². The maximum Gasteiger partial charge on any atom is 0.273 e. The number of rotatable bonds is 3. The van der Waals surface area contributed by atoms with Crippen LogP contribution in [0.1, 0.15) is 26.5 Å². The molecule has 24 heavy (non-hydrogen) atoms. The van der Waals surface area contributed by atoms with Crippen molar-refractivity contribution in [1.29, 1.82) is 0 Å². The minimum absolute atomic E-state index is 0.164. The van der Waals surface area contributed by atoms with Gasteiger partial charge in [0.15, 0.2) is 5.82 Å². The molecule has 0 radical (unpaired) electrons. The molecule has 0 saturated carbocycles. The molecule has 0 bridgehead atoms. The third-order valence-corrected chi connectivity index (χ3v) is 3.62. The molecule has 0 saturated heterocycles. The maximum absolute atomic E-state index is 12.6. The summed E-state index contributed by atoms with van der Waals surface area (Å²) in [6, 6.07) is 7.36. The molecule has 0 unspecified atom stereocenters. The lowest BCUT2D eigenvalue weighted by molar-refractivity contribution is -0.113. The van der Waals surface area contributed by atoms with Crippen molar-refractivity contribution in [1.82, 2.24) is 10.1 Å². The van der Waals surface area contributed by atoms with E-state index in [0.717, 1.165) is 11.6 Å². The van der Waals surface area contributed by atoms with Gasteiger partial charge in [-0.1, -0.05) is 44.1 Å². The fourth-order valence-electron chi connectivity index (χ4n) is 2.31. The number of hydrogen-bond donors (Lipinski definition) is 1. The van der Waals surface area contributed by atoms with Crippen LogP contribution in [0.15, 0.2) is 58.9 Å². The van der Waals surface area contributed by atoms with Crippen molar-refractivity contribution >= 4 is 17.5 Å². The predicted octanol–water partition coefficient (Wildman–Crippen LogP) is 3.27. The lowest BCUT2D eigenvalue weighted by Gasteiger charge is -2.26. The molecule has 1 aliphatic heterocycles. The average molecular weight is 324 g/mol. The first-order chi connectivity index (χ1) is 11.4. The molecule has 3 heterocycles. The zero-order valence-corrected chi connectivity index (χ0v) is 14.0. The van der Waals surface area contributed by atoms with Crippen LogP contribution in [-0.4, -0.2) is 22.6 Å². The average Bonchev–Trinajstić information content (AvgIpc) is 3.04. The Balaban J connectivity index is 1.79. The van der Waals surface area contributed by atoms with Gasteiger partial charge in [0.2, 0.25) is 0 Å². The standard InChI is InChI=1S/C18H20N4O2/c1-18(2,3)14-12-15(21-24-14)20-17(23)13-8-5-7-11-22(13)16-9-4-6-10-19-16/h4-10,12H,11H2,1-3H3,(H,20,21,23). The normalized spacial score (nSPS) is 14.5. The molecule has 0 fully saturated rings. The lowest BCUT2D eigenvalue weighted by atomic mass is 9.93. The molecule has 2 aromatic heterocycles. The summed E-state index contributed by atoms with van der Waals surface area (Å²) >= 11 is 0. The first-order valence-electron chi connectivity index (χ1n) is 7.79. The van der Waals surface area contributed by atoms with Crippen LogP contribution in [-0.2, 0) is 10.2 Å². The lowest BCUT2D eigenvalue weighted by Crippen LogP contribution is -2.33. The third-order valence-electron chi connectivity index (χ3n) is 3.62. The summed E-state index contributed by atoms with van der Waals surface area (Å²) in [5.74, 6) is 1.59. The van der Waals surface area contributed by atoms with Crippen molar-refractivity contribution in [2.24, 2.45) is 0 Å². The number of allylic oxidation sites excluding steroid dienone is 2. The van der Waals surface area contributed by atoms with E-state index in [1.807, 2.05) is 56.0 Å². The van der Waals surface area contributed by atoms with Gasteiger partial charge < -0.3 is 14.7 Å². The first kappa shape index (κ1) is 16.0. The van der Waals surface area contributed by atoms with Gasteiger partial charge in [0.05, 0.1) is 0 Å². The Hall–Kier alpha value is -2.89. The molecular formula is C18H20N4O2. The second kappa shape index (κ2) is 6.31. The zero-order chi connectivity index (χ0) is 17.2. The number of anilines is 2. The van der Waals surface area contributed by atoms with Crippen molar-refractivity contribution < 1.29 is 9.32 Å². The highest BCUT2D eigenvalue weighted by Gasteiger charge is 2.24. The highest BCUT2D eigenvalue weighted by Crippen LogP contribution is 2.25. The minimum Gasteiger partial charge on any atom is -0.359 e. The molecular weight excluding hydrogens is 304 g/mol. The monoisotopic (exact) mass is 324 g/mol. The number of carbonyl (C=O) groups is 1. The van der Waals surface area contributed by atoms with E-state index in [2.05, 4.69) is 15.5 Å². The molecule has 1 aliphatic rings. The Bertz CT molecular complexity index is 785. The van der Waals surface area contributed by atoms with Gasteiger partial charge in [-0.2, -0.15) is 0 Å². The molecule has 6 heteroatoms. The number of hydrogen-bond acceptors (Lipinski definition) is 5. The molecule has 0 aromatic carbocycles. The Labute approximate surface area is 140 Å². The molecule has 6 nitrogen and oxygen atoms in total. The van der Waals surface area contributed by atoms with Crippen molar-refractivity contribution in [3.05, 3.63) is 60.1 Å². The van der Waals surface area contributed by atoms with E-state index in [1.54, 1.807) is 18.3 Å².